The van der Waals surface area contributed by atoms with Crippen LogP contribution in [0.25, 0.3) is 0 Å². The lowest BCUT2D eigenvalue weighted by atomic mass is 9.73. The van der Waals surface area contributed by atoms with Crippen LogP contribution in [-0.4, -0.2) is 29.9 Å². The average molecular weight is 240 g/mol. The number of amides is 1. The van der Waals surface area contributed by atoms with Gasteiger partial charge in [-0.15, -0.1) is 0 Å². The standard InChI is InChI=1S/C14H28N2O/c1-4-12(3)16(5-2)13(17)14(11-15)9-7-6-8-10-14/h12H,4-11,15H2,1-3H3. The van der Waals surface area contributed by atoms with Crippen LogP contribution in [0.3, 0.4) is 0 Å². The van der Waals surface area contributed by atoms with Crippen molar-refractivity contribution in [3.8, 4) is 0 Å². The first kappa shape index (κ1) is 14.5. The molecule has 1 fully saturated rings. The van der Waals surface area contributed by atoms with Gasteiger partial charge in [-0.3, -0.25) is 4.79 Å². The van der Waals surface area contributed by atoms with E-state index >= 15 is 0 Å². The minimum Gasteiger partial charge on any atom is -0.340 e. The molecule has 100 valence electrons. The molecule has 3 heteroatoms. The van der Waals surface area contributed by atoms with E-state index in [1.807, 2.05) is 4.90 Å². The highest BCUT2D eigenvalue weighted by Crippen LogP contribution is 2.37. The van der Waals surface area contributed by atoms with Crippen molar-refractivity contribution >= 4 is 5.91 Å². The summed E-state index contributed by atoms with van der Waals surface area (Å²) in [5, 5.41) is 0. The van der Waals surface area contributed by atoms with Gasteiger partial charge in [-0.2, -0.15) is 0 Å². The summed E-state index contributed by atoms with van der Waals surface area (Å²) in [6.07, 6.45) is 6.54. The van der Waals surface area contributed by atoms with Gasteiger partial charge < -0.3 is 10.6 Å². The van der Waals surface area contributed by atoms with Crippen molar-refractivity contribution in [1.82, 2.24) is 4.90 Å². The lowest BCUT2D eigenvalue weighted by Crippen LogP contribution is -2.51. The summed E-state index contributed by atoms with van der Waals surface area (Å²) in [4.78, 5) is 14.8. The van der Waals surface area contributed by atoms with E-state index in [2.05, 4.69) is 20.8 Å². The van der Waals surface area contributed by atoms with Crippen molar-refractivity contribution in [3.05, 3.63) is 0 Å². The van der Waals surface area contributed by atoms with Gasteiger partial charge in [-0.25, -0.2) is 0 Å². The number of nitrogens with two attached hydrogens (primary N) is 1. The number of hydrogen-bond donors (Lipinski definition) is 1. The Labute approximate surface area is 106 Å². The molecule has 2 N–H and O–H groups in total. The Bertz CT molecular complexity index is 247. The molecule has 0 aliphatic heterocycles. The van der Waals surface area contributed by atoms with Gasteiger partial charge in [0, 0.05) is 19.1 Å². The van der Waals surface area contributed by atoms with Gasteiger partial charge in [0.1, 0.15) is 0 Å². The van der Waals surface area contributed by atoms with Crippen LogP contribution >= 0.6 is 0 Å². The van der Waals surface area contributed by atoms with E-state index in [0.29, 0.717) is 18.5 Å². The van der Waals surface area contributed by atoms with Crippen molar-refractivity contribution < 1.29 is 4.79 Å². The highest BCUT2D eigenvalue weighted by Gasteiger charge is 2.41. The Kier molecular flexibility index (Phi) is 5.44. The maximum absolute atomic E-state index is 12.7. The zero-order valence-electron chi connectivity index (χ0n) is 11.7. The summed E-state index contributed by atoms with van der Waals surface area (Å²) >= 11 is 0. The summed E-state index contributed by atoms with van der Waals surface area (Å²) < 4.78 is 0. The van der Waals surface area contributed by atoms with E-state index in [1.165, 1.54) is 6.42 Å². The SMILES string of the molecule is CCC(C)N(CC)C(=O)C1(CN)CCCCC1. The normalized spacial score (nSPS) is 20.9. The molecule has 0 spiro atoms. The molecule has 1 aliphatic carbocycles. The van der Waals surface area contributed by atoms with Crippen LogP contribution in [0.1, 0.15) is 59.3 Å². The fourth-order valence-corrected chi connectivity index (χ4v) is 2.91. The quantitative estimate of drug-likeness (QED) is 0.802. The highest BCUT2D eigenvalue weighted by atomic mass is 16.2. The fourth-order valence-electron chi connectivity index (χ4n) is 2.91. The molecule has 0 aromatic carbocycles. The largest absolute Gasteiger partial charge is 0.340 e. The lowest BCUT2D eigenvalue weighted by Gasteiger charge is -2.40. The van der Waals surface area contributed by atoms with Crippen molar-refractivity contribution in [2.24, 2.45) is 11.1 Å². The number of carbonyl (C=O) groups is 1. The predicted molar refractivity (Wildman–Crippen MR) is 71.7 cm³/mol. The molecule has 0 saturated heterocycles. The molecule has 1 unspecified atom stereocenters. The van der Waals surface area contributed by atoms with Crippen LogP contribution in [-0.2, 0) is 4.79 Å². The number of carbonyl (C=O) groups excluding carboxylic acids is 1. The summed E-state index contributed by atoms with van der Waals surface area (Å²) in [5.41, 5.74) is 5.67. The van der Waals surface area contributed by atoms with Crippen LogP contribution in [0.2, 0.25) is 0 Å². The van der Waals surface area contributed by atoms with Crippen molar-refractivity contribution in [2.45, 2.75) is 65.3 Å². The second-order valence-electron chi connectivity index (χ2n) is 5.39. The first-order chi connectivity index (χ1) is 8.11. The number of rotatable bonds is 5. The van der Waals surface area contributed by atoms with Gasteiger partial charge >= 0.3 is 0 Å². The summed E-state index contributed by atoms with van der Waals surface area (Å²) in [6.45, 7) is 7.65. The third-order valence-electron chi connectivity index (χ3n) is 4.38. The zero-order valence-corrected chi connectivity index (χ0v) is 11.7. The molecule has 1 amide bonds. The van der Waals surface area contributed by atoms with E-state index in [1.54, 1.807) is 0 Å². The molecule has 0 aromatic rings. The minimum atomic E-state index is -0.252. The van der Waals surface area contributed by atoms with E-state index in [0.717, 1.165) is 38.6 Å². The Hall–Kier alpha value is -0.570. The predicted octanol–water partition coefficient (Wildman–Crippen LogP) is 2.54. The fraction of sp³-hybridized carbons (Fsp3) is 0.929. The monoisotopic (exact) mass is 240 g/mol. The molecule has 0 bridgehead atoms. The molecule has 1 atom stereocenters. The minimum absolute atomic E-state index is 0.252. The second kappa shape index (κ2) is 6.39. The molecule has 1 saturated carbocycles. The van der Waals surface area contributed by atoms with Crippen LogP contribution in [0, 0.1) is 5.41 Å². The number of nitrogens with zero attached hydrogens (tertiary/aromatic N) is 1. The summed E-state index contributed by atoms with van der Waals surface area (Å²) in [5.74, 6) is 0.302. The molecule has 17 heavy (non-hydrogen) atoms. The third kappa shape index (κ3) is 3.01. The molecule has 0 heterocycles. The Morgan fingerprint density at radius 3 is 2.29 bits per heavy atom. The van der Waals surface area contributed by atoms with Crippen molar-refractivity contribution in [1.29, 1.82) is 0 Å². The molecule has 1 rings (SSSR count). The van der Waals surface area contributed by atoms with E-state index in [-0.39, 0.29) is 5.41 Å². The average Bonchev–Trinajstić information content (AvgIpc) is 2.39. The Balaban J connectivity index is 2.82. The van der Waals surface area contributed by atoms with Gasteiger partial charge in [0.05, 0.1) is 5.41 Å². The van der Waals surface area contributed by atoms with Crippen molar-refractivity contribution in [3.63, 3.8) is 0 Å². The molecular formula is C14H28N2O. The smallest absolute Gasteiger partial charge is 0.230 e. The van der Waals surface area contributed by atoms with Crippen LogP contribution in [0.5, 0.6) is 0 Å². The second-order valence-corrected chi connectivity index (χ2v) is 5.39. The highest BCUT2D eigenvalue weighted by molar-refractivity contribution is 5.83. The van der Waals surface area contributed by atoms with E-state index in [9.17, 15) is 4.79 Å². The maximum atomic E-state index is 12.7. The first-order valence-electron chi connectivity index (χ1n) is 7.12. The van der Waals surface area contributed by atoms with Gasteiger partial charge in [-0.1, -0.05) is 26.2 Å². The zero-order chi connectivity index (χ0) is 12.9. The lowest BCUT2D eigenvalue weighted by molar-refractivity contribution is -0.145. The van der Waals surface area contributed by atoms with Crippen LogP contribution in [0.4, 0.5) is 0 Å². The molecule has 0 aromatic heterocycles. The molecule has 3 nitrogen and oxygen atoms in total. The Morgan fingerprint density at radius 2 is 1.88 bits per heavy atom. The van der Waals surface area contributed by atoms with E-state index in [4.69, 9.17) is 5.73 Å². The Morgan fingerprint density at radius 1 is 1.29 bits per heavy atom. The van der Waals surface area contributed by atoms with Crippen molar-refractivity contribution in [2.75, 3.05) is 13.1 Å². The first-order valence-corrected chi connectivity index (χ1v) is 7.12. The van der Waals surface area contributed by atoms with Gasteiger partial charge in [0.25, 0.3) is 0 Å². The molecular weight excluding hydrogens is 212 g/mol. The summed E-state index contributed by atoms with van der Waals surface area (Å²) in [7, 11) is 0. The molecule has 1 aliphatic rings. The molecule has 0 radical (unpaired) electrons. The van der Waals surface area contributed by atoms with Crippen LogP contribution in [0.15, 0.2) is 0 Å². The number of hydrogen-bond acceptors (Lipinski definition) is 2. The van der Waals surface area contributed by atoms with Crippen LogP contribution < -0.4 is 5.73 Å². The summed E-state index contributed by atoms with van der Waals surface area (Å²) in [6, 6.07) is 0.331. The van der Waals surface area contributed by atoms with E-state index < -0.39 is 0 Å². The van der Waals surface area contributed by atoms with Gasteiger partial charge in [-0.05, 0) is 33.1 Å². The van der Waals surface area contributed by atoms with Gasteiger partial charge in [0.2, 0.25) is 5.91 Å². The topological polar surface area (TPSA) is 46.3 Å². The maximum Gasteiger partial charge on any atom is 0.230 e. The third-order valence-corrected chi connectivity index (χ3v) is 4.38. The van der Waals surface area contributed by atoms with Gasteiger partial charge in [0.15, 0.2) is 0 Å².